The molecule has 0 N–H and O–H groups in total. The standard InChI is InChI=1S/C13H10BrFN2O/c1-2-10-7-18-13-11(14)12(16-17(10)13)8-3-5-9(15)6-4-8/h3-7H,2H2,1H3. The number of rotatable bonds is 2. The summed E-state index contributed by atoms with van der Waals surface area (Å²) in [4.78, 5) is 0. The smallest absolute Gasteiger partial charge is 0.236 e. The third-order valence-corrected chi connectivity index (χ3v) is 3.56. The van der Waals surface area contributed by atoms with Gasteiger partial charge in [0.15, 0.2) is 0 Å². The molecule has 0 radical (unpaired) electrons. The van der Waals surface area contributed by atoms with Crippen LogP contribution in [0.4, 0.5) is 4.39 Å². The number of nitrogens with zero attached hydrogens (tertiary/aromatic N) is 2. The van der Waals surface area contributed by atoms with Crippen molar-refractivity contribution in [3.05, 3.63) is 46.5 Å². The van der Waals surface area contributed by atoms with Crippen molar-refractivity contribution in [2.45, 2.75) is 13.3 Å². The highest BCUT2D eigenvalue weighted by molar-refractivity contribution is 9.10. The molecular weight excluding hydrogens is 299 g/mol. The quantitative estimate of drug-likeness (QED) is 0.714. The van der Waals surface area contributed by atoms with Crippen LogP contribution in [-0.4, -0.2) is 9.61 Å². The van der Waals surface area contributed by atoms with Gasteiger partial charge in [-0.25, -0.2) is 8.91 Å². The first-order chi connectivity index (χ1) is 8.70. The lowest BCUT2D eigenvalue weighted by molar-refractivity contribution is 0.603. The van der Waals surface area contributed by atoms with Gasteiger partial charge < -0.3 is 4.42 Å². The molecule has 3 nitrogen and oxygen atoms in total. The van der Waals surface area contributed by atoms with Crippen molar-refractivity contribution in [2.75, 3.05) is 0 Å². The van der Waals surface area contributed by atoms with Gasteiger partial charge in [-0.2, -0.15) is 5.10 Å². The number of hydrogen-bond acceptors (Lipinski definition) is 2. The van der Waals surface area contributed by atoms with E-state index in [9.17, 15) is 4.39 Å². The molecule has 5 heteroatoms. The molecule has 1 aromatic carbocycles. The summed E-state index contributed by atoms with van der Waals surface area (Å²) >= 11 is 3.48. The Hall–Kier alpha value is -1.62. The van der Waals surface area contributed by atoms with Gasteiger partial charge in [0.05, 0.1) is 5.69 Å². The first-order valence-corrected chi connectivity index (χ1v) is 6.40. The van der Waals surface area contributed by atoms with Crippen LogP contribution in [-0.2, 0) is 6.42 Å². The minimum Gasteiger partial charge on any atom is -0.444 e. The lowest BCUT2D eigenvalue weighted by Gasteiger charge is -1.97. The third-order valence-electron chi connectivity index (χ3n) is 2.85. The van der Waals surface area contributed by atoms with Crippen LogP contribution in [0, 0.1) is 5.82 Å². The molecule has 0 spiro atoms. The van der Waals surface area contributed by atoms with E-state index in [2.05, 4.69) is 21.0 Å². The van der Waals surface area contributed by atoms with Crippen molar-refractivity contribution >= 4 is 21.6 Å². The van der Waals surface area contributed by atoms with Crippen molar-refractivity contribution in [3.8, 4) is 11.3 Å². The highest BCUT2D eigenvalue weighted by Crippen LogP contribution is 2.32. The zero-order valence-corrected chi connectivity index (χ0v) is 11.2. The first kappa shape index (κ1) is 11.5. The van der Waals surface area contributed by atoms with Gasteiger partial charge in [0.1, 0.15) is 22.2 Å². The number of benzene rings is 1. The Balaban J connectivity index is 2.20. The second kappa shape index (κ2) is 4.24. The summed E-state index contributed by atoms with van der Waals surface area (Å²) in [5.74, 6) is -0.257. The molecule has 3 aromatic rings. The Morgan fingerprint density at radius 3 is 2.72 bits per heavy atom. The Bertz CT molecular complexity index is 700. The normalized spacial score (nSPS) is 11.3. The number of aryl methyl sites for hydroxylation is 1. The van der Waals surface area contributed by atoms with Gasteiger partial charge in [-0.05, 0) is 46.6 Å². The largest absolute Gasteiger partial charge is 0.444 e. The van der Waals surface area contributed by atoms with Gasteiger partial charge in [-0.15, -0.1) is 0 Å². The van der Waals surface area contributed by atoms with Crippen LogP contribution in [0.3, 0.4) is 0 Å². The first-order valence-electron chi connectivity index (χ1n) is 5.61. The van der Waals surface area contributed by atoms with Gasteiger partial charge in [0.2, 0.25) is 5.71 Å². The molecule has 0 bridgehead atoms. The number of fused-ring (bicyclic) bond motifs is 1. The zero-order valence-electron chi connectivity index (χ0n) is 9.65. The fraction of sp³-hybridized carbons (Fsp3) is 0.154. The van der Waals surface area contributed by atoms with Crippen molar-refractivity contribution in [2.24, 2.45) is 0 Å². The van der Waals surface area contributed by atoms with E-state index in [1.54, 1.807) is 22.9 Å². The molecule has 0 unspecified atom stereocenters. The van der Waals surface area contributed by atoms with Crippen LogP contribution in [0.5, 0.6) is 0 Å². The summed E-state index contributed by atoms with van der Waals surface area (Å²) in [6.45, 7) is 2.04. The van der Waals surface area contributed by atoms with E-state index in [0.717, 1.165) is 27.8 Å². The average Bonchev–Trinajstić information content (AvgIpc) is 2.91. The van der Waals surface area contributed by atoms with E-state index in [4.69, 9.17) is 4.42 Å². The second-order valence-corrected chi connectivity index (χ2v) is 4.76. The van der Waals surface area contributed by atoms with E-state index in [0.29, 0.717) is 5.71 Å². The molecule has 2 aromatic heterocycles. The Morgan fingerprint density at radius 2 is 2.06 bits per heavy atom. The minimum absolute atomic E-state index is 0.257. The fourth-order valence-electron chi connectivity index (χ4n) is 1.88. The summed E-state index contributed by atoms with van der Waals surface area (Å²) in [5.41, 5.74) is 3.28. The molecule has 0 amide bonds. The van der Waals surface area contributed by atoms with E-state index in [1.807, 2.05) is 6.92 Å². The van der Waals surface area contributed by atoms with Gasteiger partial charge in [0, 0.05) is 5.56 Å². The maximum atomic E-state index is 12.9. The summed E-state index contributed by atoms with van der Waals surface area (Å²) in [7, 11) is 0. The molecule has 0 aliphatic rings. The maximum Gasteiger partial charge on any atom is 0.236 e. The second-order valence-electron chi connectivity index (χ2n) is 3.97. The minimum atomic E-state index is -0.257. The molecule has 0 aliphatic carbocycles. The molecule has 18 heavy (non-hydrogen) atoms. The van der Waals surface area contributed by atoms with E-state index in [-0.39, 0.29) is 5.82 Å². The molecular formula is C13H10BrFN2O. The van der Waals surface area contributed by atoms with Gasteiger partial charge in [-0.3, -0.25) is 0 Å². The summed E-state index contributed by atoms with van der Waals surface area (Å²) in [5, 5.41) is 4.50. The summed E-state index contributed by atoms with van der Waals surface area (Å²) in [6.07, 6.45) is 2.53. The maximum absolute atomic E-state index is 12.9. The molecule has 0 saturated carbocycles. The fourth-order valence-corrected chi connectivity index (χ4v) is 2.45. The van der Waals surface area contributed by atoms with E-state index in [1.165, 1.54) is 12.1 Å². The third kappa shape index (κ3) is 1.66. The summed E-state index contributed by atoms with van der Waals surface area (Å²) in [6, 6.07) is 6.24. The van der Waals surface area contributed by atoms with Crippen LogP contribution in [0.1, 0.15) is 12.6 Å². The number of halogens is 2. The van der Waals surface area contributed by atoms with Crippen LogP contribution in [0.2, 0.25) is 0 Å². The van der Waals surface area contributed by atoms with E-state index >= 15 is 0 Å². The molecule has 0 atom stereocenters. The molecule has 0 fully saturated rings. The Morgan fingerprint density at radius 1 is 1.33 bits per heavy atom. The number of oxazole rings is 1. The van der Waals surface area contributed by atoms with Crippen LogP contribution < -0.4 is 0 Å². The molecule has 0 saturated heterocycles. The van der Waals surface area contributed by atoms with Crippen molar-refractivity contribution < 1.29 is 8.81 Å². The van der Waals surface area contributed by atoms with E-state index < -0.39 is 0 Å². The Kier molecular flexibility index (Phi) is 2.70. The lowest BCUT2D eigenvalue weighted by atomic mass is 10.1. The zero-order chi connectivity index (χ0) is 12.7. The predicted octanol–water partition coefficient (Wildman–Crippen LogP) is 4.06. The Labute approximate surface area is 111 Å². The average molecular weight is 309 g/mol. The molecule has 92 valence electrons. The topological polar surface area (TPSA) is 30.4 Å². The van der Waals surface area contributed by atoms with Gasteiger partial charge in [-0.1, -0.05) is 6.92 Å². The predicted molar refractivity (Wildman–Crippen MR) is 69.9 cm³/mol. The number of aromatic nitrogens is 2. The van der Waals surface area contributed by atoms with Crippen LogP contribution >= 0.6 is 15.9 Å². The van der Waals surface area contributed by atoms with Crippen LogP contribution in [0.15, 0.2) is 39.4 Å². The molecule has 3 rings (SSSR count). The van der Waals surface area contributed by atoms with Crippen LogP contribution in [0.25, 0.3) is 17.0 Å². The molecule has 0 aliphatic heterocycles. The highest BCUT2D eigenvalue weighted by Gasteiger charge is 2.17. The van der Waals surface area contributed by atoms with Crippen molar-refractivity contribution in [1.82, 2.24) is 9.61 Å². The monoisotopic (exact) mass is 308 g/mol. The molecule has 2 heterocycles. The van der Waals surface area contributed by atoms with Gasteiger partial charge in [0.25, 0.3) is 0 Å². The van der Waals surface area contributed by atoms with Crippen molar-refractivity contribution in [3.63, 3.8) is 0 Å². The number of hydrogen-bond donors (Lipinski definition) is 0. The highest BCUT2D eigenvalue weighted by atomic mass is 79.9. The lowest BCUT2D eigenvalue weighted by Crippen LogP contribution is -1.91. The van der Waals surface area contributed by atoms with Crippen molar-refractivity contribution in [1.29, 1.82) is 0 Å². The van der Waals surface area contributed by atoms with Gasteiger partial charge >= 0.3 is 0 Å². The summed E-state index contributed by atoms with van der Waals surface area (Å²) < 4.78 is 20.9. The SMILES string of the molecule is CCc1coc2c(Br)c(-c3ccc(F)cc3)nn12.